The standard InChI is InChI=1S/C4H8FN/c5-2-3-1-4(3)6/h3-4H,1-2,6H2/t3-,4+/m0/s1. The molecule has 6 heavy (non-hydrogen) atoms. The van der Waals surface area contributed by atoms with E-state index in [1.54, 1.807) is 0 Å². The molecule has 0 bridgehead atoms. The maximum absolute atomic E-state index is 11.3. The van der Waals surface area contributed by atoms with Crippen LogP contribution < -0.4 is 5.73 Å². The van der Waals surface area contributed by atoms with E-state index in [0.29, 0.717) is 0 Å². The SMILES string of the molecule is N[C@@H]1C[C@H]1CF. The lowest BCUT2D eigenvalue weighted by molar-refractivity contribution is 0.452. The van der Waals surface area contributed by atoms with Crippen molar-refractivity contribution in [3.05, 3.63) is 0 Å². The fourth-order valence-corrected chi connectivity index (χ4v) is 0.448. The van der Waals surface area contributed by atoms with Crippen molar-refractivity contribution in [1.82, 2.24) is 0 Å². The van der Waals surface area contributed by atoms with Crippen molar-refractivity contribution in [2.75, 3.05) is 6.67 Å². The van der Waals surface area contributed by atoms with E-state index in [2.05, 4.69) is 0 Å². The third-order valence-electron chi connectivity index (χ3n) is 1.18. The molecule has 1 aliphatic rings. The third-order valence-corrected chi connectivity index (χ3v) is 1.18. The zero-order valence-electron chi connectivity index (χ0n) is 3.52. The van der Waals surface area contributed by atoms with E-state index in [1.807, 2.05) is 0 Å². The topological polar surface area (TPSA) is 26.0 Å². The quantitative estimate of drug-likeness (QED) is 0.491. The van der Waals surface area contributed by atoms with Crippen LogP contribution in [0.4, 0.5) is 4.39 Å². The highest BCUT2D eigenvalue weighted by atomic mass is 19.1. The van der Waals surface area contributed by atoms with Crippen molar-refractivity contribution in [3.63, 3.8) is 0 Å². The highest BCUT2D eigenvalue weighted by Crippen LogP contribution is 2.27. The molecule has 0 aliphatic heterocycles. The molecular formula is C4H8FN. The summed E-state index contributed by atoms with van der Waals surface area (Å²) in [5.41, 5.74) is 5.24. The molecule has 0 aromatic carbocycles. The summed E-state index contributed by atoms with van der Waals surface area (Å²) in [6.45, 7) is -0.221. The van der Waals surface area contributed by atoms with Gasteiger partial charge in [0.25, 0.3) is 0 Å². The Hall–Kier alpha value is -0.110. The fraction of sp³-hybridized carbons (Fsp3) is 1.00. The molecule has 2 heteroatoms. The molecule has 0 aromatic heterocycles. The lowest BCUT2D eigenvalue weighted by Crippen LogP contribution is -2.01. The van der Waals surface area contributed by atoms with Crippen LogP contribution in [0.25, 0.3) is 0 Å². The molecular weight excluding hydrogens is 81.0 g/mol. The van der Waals surface area contributed by atoms with Crippen LogP contribution in [0.3, 0.4) is 0 Å². The van der Waals surface area contributed by atoms with Crippen LogP contribution in [0.2, 0.25) is 0 Å². The van der Waals surface area contributed by atoms with Gasteiger partial charge in [0.2, 0.25) is 0 Å². The van der Waals surface area contributed by atoms with Gasteiger partial charge in [-0.15, -0.1) is 0 Å². The van der Waals surface area contributed by atoms with Gasteiger partial charge in [0.05, 0.1) is 6.67 Å². The van der Waals surface area contributed by atoms with E-state index in [0.717, 1.165) is 6.42 Å². The van der Waals surface area contributed by atoms with Crippen molar-refractivity contribution in [1.29, 1.82) is 0 Å². The fourth-order valence-electron chi connectivity index (χ4n) is 0.448. The second kappa shape index (κ2) is 1.19. The number of rotatable bonds is 1. The van der Waals surface area contributed by atoms with E-state index in [-0.39, 0.29) is 18.6 Å². The predicted octanol–water partition coefficient (Wildman–Crippen LogP) is 0.303. The normalized spacial score (nSPS) is 43.0. The zero-order valence-corrected chi connectivity index (χ0v) is 3.52. The van der Waals surface area contributed by atoms with E-state index in [1.165, 1.54) is 0 Å². The van der Waals surface area contributed by atoms with Crippen LogP contribution in [0.15, 0.2) is 0 Å². The van der Waals surface area contributed by atoms with Gasteiger partial charge in [-0.2, -0.15) is 0 Å². The van der Waals surface area contributed by atoms with Crippen molar-refractivity contribution in [2.24, 2.45) is 11.7 Å². The molecule has 2 atom stereocenters. The van der Waals surface area contributed by atoms with Crippen molar-refractivity contribution in [2.45, 2.75) is 12.5 Å². The van der Waals surface area contributed by atoms with E-state index in [4.69, 9.17) is 5.73 Å². The Labute approximate surface area is 36.3 Å². The molecule has 2 N–H and O–H groups in total. The number of nitrogens with two attached hydrogens (primary N) is 1. The summed E-state index contributed by atoms with van der Waals surface area (Å²) >= 11 is 0. The third kappa shape index (κ3) is 0.522. The van der Waals surface area contributed by atoms with Crippen molar-refractivity contribution < 1.29 is 4.39 Å². The van der Waals surface area contributed by atoms with Gasteiger partial charge in [0.1, 0.15) is 0 Å². The molecule has 0 aromatic rings. The van der Waals surface area contributed by atoms with Gasteiger partial charge in [0, 0.05) is 12.0 Å². The molecule has 0 unspecified atom stereocenters. The summed E-state index contributed by atoms with van der Waals surface area (Å²) in [6, 6.07) is 0.190. The number of hydrogen-bond acceptors (Lipinski definition) is 1. The minimum absolute atomic E-state index is 0.190. The summed E-state index contributed by atoms with van der Waals surface area (Å²) in [4.78, 5) is 0. The van der Waals surface area contributed by atoms with Gasteiger partial charge in [-0.05, 0) is 6.42 Å². The zero-order chi connectivity index (χ0) is 4.57. The summed E-state index contributed by atoms with van der Waals surface area (Å²) in [7, 11) is 0. The molecule has 0 saturated heterocycles. The maximum Gasteiger partial charge on any atom is 0.0937 e. The Bertz CT molecular complexity index is 53.5. The molecule has 36 valence electrons. The Kier molecular flexibility index (Phi) is 0.804. The van der Waals surface area contributed by atoms with E-state index < -0.39 is 0 Å². The summed E-state index contributed by atoms with van der Waals surface area (Å²) in [6.07, 6.45) is 0.899. The molecule has 1 fully saturated rings. The Balaban J connectivity index is 2.09. The molecule has 0 spiro atoms. The van der Waals surface area contributed by atoms with Crippen LogP contribution in [0.5, 0.6) is 0 Å². The molecule has 0 heterocycles. The molecule has 0 radical (unpaired) electrons. The molecule has 1 aliphatic carbocycles. The second-order valence-electron chi connectivity index (χ2n) is 1.81. The number of halogens is 1. The molecule has 1 saturated carbocycles. The first-order chi connectivity index (χ1) is 2.84. The average molecular weight is 89.1 g/mol. The van der Waals surface area contributed by atoms with Gasteiger partial charge < -0.3 is 5.73 Å². The number of alkyl halides is 1. The molecule has 1 nitrogen and oxygen atoms in total. The lowest BCUT2D eigenvalue weighted by atomic mass is 10.5. The number of hydrogen-bond donors (Lipinski definition) is 1. The van der Waals surface area contributed by atoms with Crippen LogP contribution in [-0.2, 0) is 0 Å². The van der Waals surface area contributed by atoms with Gasteiger partial charge in [-0.3, -0.25) is 4.39 Å². The largest absolute Gasteiger partial charge is 0.327 e. The van der Waals surface area contributed by atoms with E-state index >= 15 is 0 Å². The van der Waals surface area contributed by atoms with Crippen LogP contribution in [0.1, 0.15) is 6.42 Å². The van der Waals surface area contributed by atoms with Crippen LogP contribution in [-0.4, -0.2) is 12.7 Å². The highest BCUT2D eigenvalue weighted by Gasteiger charge is 2.32. The van der Waals surface area contributed by atoms with Gasteiger partial charge in [0.15, 0.2) is 0 Å². The van der Waals surface area contributed by atoms with E-state index in [9.17, 15) is 4.39 Å². The smallest absolute Gasteiger partial charge is 0.0937 e. The predicted molar refractivity (Wildman–Crippen MR) is 22.1 cm³/mol. The summed E-state index contributed by atoms with van der Waals surface area (Å²) < 4.78 is 11.3. The molecule has 1 rings (SSSR count). The first-order valence-corrected chi connectivity index (χ1v) is 2.16. The molecule has 0 amide bonds. The average Bonchev–Trinajstić information content (AvgIpc) is 2.19. The van der Waals surface area contributed by atoms with Crippen molar-refractivity contribution in [3.8, 4) is 0 Å². The maximum atomic E-state index is 11.3. The minimum atomic E-state index is -0.221. The lowest BCUT2D eigenvalue weighted by Gasteiger charge is -1.76. The summed E-state index contributed by atoms with van der Waals surface area (Å²) in [5, 5.41) is 0. The first-order valence-electron chi connectivity index (χ1n) is 2.16. The van der Waals surface area contributed by atoms with Gasteiger partial charge in [-0.1, -0.05) is 0 Å². The van der Waals surface area contributed by atoms with Crippen molar-refractivity contribution >= 4 is 0 Å². The highest BCUT2D eigenvalue weighted by molar-refractivity contribution is 4.88. The van der Waals surface area contributed by atoms with Gasteiger partial charge >= 0.3 is 0 Å². The minimum Gasteiger partial charge on any atom is -0.327 e. The van der Waals surface area contributed by atoms with Crippen LogP contribution in [0, 0.1) is 5.92 Å². The summed E-state index contributed by atoms with van der Waals surface area (Å²) in [5.74, 6) is 0.213. The monoisotopic (exact) mass is 89.1 g/mol. The Morgan fingerprint density at radius 3 is 2.33 bits per heavy atom. The van der Waals surface area contributed by atoms with Gasteiger partial charge in [-0.25, -0.2) is 0 Å². The Morgan fingerprint density at radius 2 is 2.33 bits per heavy atom. The van der Waals surface area contributed by atoms with Crippen LogP contribution >= 0.6 is 0 Å². The Morgan fingerprint density at radius 1 is 1.83 bits per heavy atom. The second-order valence-corrected chi connectivity index (χ2v) is 1.81. The first kappa shape index (κ1) is 4.06.